The summed E-state index contributed by atoms with van der Waals surface area (Å²) < 4.78 is 0. The molecular weight excluding hydrogens is 993 g/mol. The third-order valence-corrected chi connectivity index (χ3v) is 28.5. The number of hydrogen-bond donors (Lipinski definition) is 16. The van der Waals surface area contributed by atoms with Crippen LogP contribution in [-0.4, -0.2) is 98.7 Å². The molecule has 10 saturated heterocycles. The first-order chi connectivity index (χ1) is 39.6. The molecule has 8 aliphatic carbocycles. The first kappa shape index (κ1) is 52.5. The van der Waals surface area contributed by atoms with Gasteiger partial charge in [0.2, 0.25) is 0 Å². The van der Waals surface area contributed by atoms with Gasteiger partial charge < -0.3 is 0 Å². The Bertz CT molecular complexity index is 2190. The molecule has 0 spiro atoms. The Morgan fingerprint density at radius 2 is 0.325 bits per heavy atom. The van der Waals surface area contributed by atoms with E-state index in [1.54, 1.807) is 0 Å². The summed E-state index contributed by atoms with van der Waals surface area (Å²) in [6.45, 7) is 0. The highest BCUT2D eigenvalue weighted by atomic mass is 15.4. The van der Waals surface area contributed by atoms with Crippen molar-refractivity contribution >= 4 is 0 Å². The third kappa shape index (κ3) is 8.96. The van der Waals surface area contributed by atoms with Crippen LogP contribution in [0, 0.1) is 107 Å². The van der Waals surface area contributed by atoms with Crippen molar-refractivity contribution in [3.8, 4) is 0 Å². The lowest BCUT2D eigenvalue weighted by Crippen LogP contribution is -2.62. The minimum absolute atomic E-state index is 0.315. The monoisotopic (exact) mass is 1100 g/mol. The zero-order chi connectivity index (χ0) is 52.2. The van der Waals surface area contributed by atoms with Crippen LogP contribution in [0.1, 0.15) is 193 Å². The van der Waals surface area contributed by atoms with E-state index in [0.29, 0.717) is 193 Å². The lowest BCUT2D eigenvalue weighted by atomic mass is 9.61. The molecule has 16 heteroatoms. The summed E-state index contributed by atoms with van der Waals surface area (Å²) >= 11 is 0. The van der Waals surface area contributed by atoms with E-state index in [1.165, 1.54) is 193 Å². The predicted molar refractivity (Wildman–Crippen MR) is 312 cm³/mol. The van der Waals surface area contributed by atoms with Gasteiger partial charge in [-0.25, -0.2) is 0 Å². The van der Waals surface area contributed by atoms with E-state index < -0.39 is 0 Å². The molecule has 0 radical (unpaired) electrons. The molecule has 16 N–H and O–H groups in total. The molecule has 18 fully saturated rings. The number of hydrogen-bond acceptors (Lipinski definition) is 16. The predicted octanol–water partition coefficient (Wildman–Crippen LogP) is 4.68. The third-order valence-electron chi connectivity index (χ3n) is 28.5. The topological polar surface area (TPSA) is 192 Å². The quantitative estimate of drug-likeness (QED) is 0.173. The summed E-state index contributed by atoms with van der Waals surface area (Å²) in [5.41, 5.74) is 0. The van der Waals surface area contributed by atoms with Crippen molar-refractivity contribution in [1.29, 1.82) is 0 Å². The second-order valence-corrected chi connectivity index (χ2v) is 31.7. The van der Waals surface area contributed by atoms with Crippen molar-refractivity contribution in [3.05, 3.63) is 0 Å². The molecule has 16 bridgehead atoms. The van der Waals surface area contributed by atoms with Crippen molar-refractivity contribution in [2.24, 2.45) is 107 Å². The molecule has 34 unspecified atom stereocenters. The van der Waals surface area contributed by atoms with Gasteiger partial charge in [0, 0.05) is 0 Å². The molecule has 0 aromatic rings. The van der Waals surface area contributed by atoms with Crippen LogP contribution in [0.3, 0.4) is 0 Å². The number of fused-ring (bicyclic) bond motifs is 40. The Balaban J connectivity index is 0.652. The van der Waals surface area contributed by atoms with Crippen molar-refractivity contribution < 1.29 is 0 Å². The highest BCUT2D eigenvalue weighted by molar-refractivity contribution is 5.13. The second kappa shape index (κ2) is 21.6. The Hall–Kier alpha value is -0.640. The smallest absolute Gasteiger partial charge is 0.0631 e. The summed E-state index contributed by atoms with van der Waals surface area (Å²) in [5.74, 6) is 12.4. The summed E-state index contributed by atoms with van der Waals surface area (Å²) in [6, 6.07) is 0. The first-order valence-corrected chi connectivity index (χ1v) is 35.8. The largest absolute Gasteiger partial charge is 0.286 e. The summed E-state index contributed by atoms with van der Waals surface area (Å²) in [6.07, 6.45) is 46.8. The first-order valence-electron chi connectivity index (χ1n) is 35.8. The van der Waals surface area contributed by atoms with Crippen LogP contribution in [0.2, 0.25) is 0 Å². The highest BCUT2D eigenvalue weighted by Gasteiger charge is 2.60. The van der Waals surface area contributed by atoms with Gasteiger partial charge in [-0.15, -0.1) is 0 Å². The van der Waals surface area contributed by atoms with Crippen molar-refractivity contribution in [1.82, 2.24) is 85.1 Å². The average Bonchev–Trinajstić information content (AvgIpc) is 4.56. The van der Waals surface area contributed by atoms with Gasteiger partial charge in [0.25, 0.3) is 0 Å². The maximum absolute atomic E-state index is 4.62. The van der Waals surface area contributed by atoms with Crippen LogP contribution in [0.4, 0.5) is 0 Å². The van der Waals surface area contributed by atoms with Gasteiger partial charge in [0.1, 0.15) is 0 Å². The van der Waals surface area contributed by atoms with Crippen molar-refractivity contribution in [2.75, 3.05) is 0 Å². The van der Waals surface area contributed by atoms with Crippen LogP contribution in [-0.2, 0) is 0 Å². The summed E-state index contributed by atoms with van der Waals surface area (Å²) in [7, 11) is 0. The molecular formula is C64H110N16. The lowest BCUT2D eigenvalue weighted by Gasteiger charge is -2.46. The molecule has 18 aliphatic rings. The van der Waals surface area contributed by atoms with E-state index in [1.807, 2.05) is 0 Å². The van der Waals surface area contributed by atoms with Gasteiger partial charge in [0.05, 0.1) is 98.7 Å². The normalized spacial score (nSPS) is 59.7. The maximum Gasteiger partial charge on any atom is 0.0631 e. The zero-order valence-corrected chi connectivity index (χ0v) is 48.8. The molecule has 0 aromatic heterocycles. The Kier molecular flexibility index (Phi) is 14.2. The van der Waals surface area contributed by atoms with Gasteiger partial charge in [0.15, 0.2) is 0 Å². The van der Waals surface area contributed by atoms with Crippen molar-refractivity contribution in [3.63, 3.8) is 0 Å². The molecule has 18 rings (SSSR count). The highest BCUT2D eigenvalue weighted by Crippen LogP contribution is 2.54. The lowest BCUT2D eigenvalue weighted by molar-refractivity contribution is 0.0369. The molecule has 10 aliphatic heterocycles. The SMILES string of the molecule is C1CCC2C3NC(NC4NC(NC5NC(NC6NC(N3)C3CCCCC63)C3CC(C6CCCC7C8NC9NC(NC%10NC(NC%11NC(NC(N8)C67)C6CCCCC%116)C6CCCCC%106)C6CCCCC96)CCC53)C3CCCCC43)C2C1. The molecule has 34 atom stereocenters. The Morgan fingerprint density at radius 1 is 0.138 bits per heavy atom. The standard InChI is InChI=1S/C64H110N16/c1-2-15-34-33(14-1)49-65-51(34)69-55-40-21-8-10-23-42(40)59(73-55)77-63-47-30-31(28-29-45(47)61(78-63)75-57-38-19-6-5-18-37(38)53(67-49)71-57)32-26-13-27-46-48(32)64-79-60-44-25-12-11-24-43(44)56(74-60)70-52-36-17-4-3-16-35(36)50(66-52)68-54-39-20-7-9-22-41(39)58(72-54)76-62(46)80-64/h31-80H,1-30H2. The minimum atomic E-state index is 0.315. The van der Waals surface area contributed by atoms with E-state index in [4.69, 9.17) is 0 Å². The zero-order valence-electron chi connectivity index (χ0n) is 48.8. The minimum Gasteiger partial charge on any atom is -0.286 e. The summed E-state index contributed by atoms with van der Waals surface area (Å²) in [5, 5.41) is 71.1. The molecule has 8 saturated carbocycles. The molecule has 446 valence electrons. The van der Waals surface area contributed by atoms with Gasteiger partial charge in [-0.05, 0) is 216 Å². The van der Waals surface area contributed by atoms with E-state index >= 15 is 0 Å². The maximum atomic E-state index is 4.62. The number of nitrogens with one attached hydrogen (secondary N) is 16. The molecule has 10 heterocycles. The average molecular weight is 1100 g/mol. The van der Waals surface area contributed by atoms with Gasteiger partial charge in [-0.3, -0.25) is 85.1 Å². The molecule has 80 heavy (non-hydrogen) atoms. The Labute approximate surface area is 480 Å². The molecule has 16 nitrogen and oxygen atoms in total. The van der Waals surface area contributed by atoms with E-state index in [9.17, 15) is 0 Å². The van der Waals surface area contributed by atoms with Gasteiger partial charge in [-0.2, -0.15) is 0 Å². The fraction of sp³-hybridized carbons (Fsp3) is 1.00. The van der Waals surface area contributed by atoms with Crippen LogP contribution in [0.5, 0.6) is 0 Å². The van der Waals surface area contributed by atoms with Crippen LogP contribution in [0.15, 0.2) is 0 Å². The van der Waals surface area contributed by atoms with E-state index in [-0.39, 0.29) is 0 Å². The van der Waals surface area contributed by atoms with Crippen LogP contribution in [0.25, 0.3) is 0 Å². The fourth-order valence-corrected chi connectivity index (χ4v) is 25.1. The number of rotatable bonds is 1. The Morgan fingerprint density at radius 3 is 0.588 bits per heavy atom. The van der Waals surface area contributed by atoms with Gasteiger partial charge in [-0.1, -0.05) is 83.5 Å². The van der Waals surface area contributed by atoms with Crippen LogP contribution >= 0.6 is 0 Å². The van der Waals surface area contributed by atoms with Crippen molar-refractivity contribution in [2.45, 2.75) is 291 Å². The summed E-state index contributed by atoms with van der Waals surface area (Å²) in [4.78, 5) is 0. The van der Waals surface area contributed by atoms with E-state index in [0.717, 1.165) is 11.8 Å². The molecule has 0 aromatic carbocycles. The second-order valence-electron chi connectivity index (χ2n) is 31.7. The van der Waals surface area contributed by atoms with Crippen LogP contribution < -0.4 is 85.1 Å². The fourth-order valence-electron chi connectivity index (χ4n) is 25.1. The van der Waals surface area contributed by atoms with E-state index in [2.05, 4.69) is 85.1 Å². The van der Waals surface area contributed by atoms with Gasteiger partial charge >= 0.3 is 0 Å². The molecule has 0 amide bonds.